The second-order valence-corrected chi connectivity index (χ2v) is 21.5. The highest BCUT2D eigenvalue weighted by molar-refractivity contribution is 6.03. The van der Waals surface area contributed by atoms with Crippen molar-refractivity contribution in [3.05, 3.63) is 59.4 Å². The number of hydrogen-bond donors (Lipinski definition) is 4. The van der Waals surface area contributed by atoms with Gasteiger partial charge in [0.05, 0.1) is 62.2 Å². The first-order chi connectivity index (χ1) is 38.1. The number of nitrogens with zero attached hydrogens (tertiary/aromatic N) is 10. The Balaban J connectivity index is 0.000000194. The number of nitrogens with one attached hydrogen (secondary N) is 4. The summed E-state index contributed by atoms with van der Waals surface area (Å²) in [7, 11) is 9.36. The minimum atomic E-state index is -3.60. The maximum atomic E-state index is 15.2. The molecule has 20 nitrogen and oxygen atoms in total. The molecule has 2 aromatic carbocycles. The summed E-state index contributed by atoms with van der Waals surface area (Å²) < 4.78 is 101. The summed E-state index contributed by atoms with van der Waals surface area (Å²) >= 11 is 0. The Morgan fingerprint density at radius 1 is 0.562 bits per heavy atom. The van der Waals surface area contributed by atoms with Gasteiger partial charge >= 0.3 is 11.8 Å². The Labute approximate surface area is 459 Å². The van der Waals surface area contributed by atoms with Crippen LogP contribution >= 0.6 is 0 Å². The van der Waals surface area contributed by atoms with E-state index in [1.807, 2.05) is 14.1 Å². The van der Waals surface area contributed by atoms with Crippen LogP contribution in [0.2, 0.25) is 0 Å². The van der Waals surface area contributed by atoms with Gasteiger partial charge in [-0.25, -0.2) is 18.7 Å². The van der Waals surface area contributed by atoms with E-state index in [4.69, 9.17) is 9.47 Å². The van der Waals surface area contributed by atoms with Crippen molar-refractivity contribution in [2.75, 3.05) is 112 Å². The van der Waals surface area contributed by atoms with Crippen LogP contribution in [0.25, 0.3) is 0 Å². The molecule has 10 rings (SSSR count). The van der Waals surface area contributed by atoms with Gasteiger partial charge in [0.25, 0.3) is 23.6 Å². The number of carbonyl (C=O) groups is 4. The molecule has 6 aliphatic rings. The fraction of sp³-hybridized carbons (Fsp3) is 0.556. The summed E-state index contributed by atoms with van der Waals surface area (Å²) in [4.78, 5) is 77.2. The van der Waals surface area contributed by atoms with Crippen LogP contribution in [0.5, 0.6) is 11.5 Å². The normalized spacial score (nSPS) is 20.3. The number of likely N-dealkylation sites (tertiary alicyclic amines) is 2. The van der Waals surface area contributed by atoms with Crippen molar-refractivity contribution >= 4 is 69.9 Å². The van der Waals surface area contributed by atoms with Crippen LogP contribution in [0.1, 0.15) is 97.8 Å². The van der Waals surface area contributed by atoms with E-state index in [9.17, 15) is 36.7 Å². The number of carbonyl (C=O) groups excluding carboxylic acids is 4. The third-order valence-corrected chi connectivity index (χ3v) is 15.9. The summed E-state index contributed by atoms with van der Waals surface area (Å²) in [6, 6.07) is 4.39. The third kappa shape index (κ3) is 12.4. The third-order valence-electron chi connectivity index (χ3n) is 15.9. The van der Waals surface area contributed by atoms with Gasteiger partial charge in [0.1, 0.15) is 34.5 Å². The van der Waals surface area contributed by atoms with Gasteiger partial charge in [-0.3, -0.25) is 19.2 Å². The van der Waals surface area contributed by atoms with Crippen LogP contribution in [0.4, 0.5) is 72.6 Å². The largest absolute Gasteiger partial charge is 0.495 e. The number of halogens is 6. The molecule has 2 aromatic heterocycles. The number of aromatic nitrogens is 4. The van der Waals surface area contributed by atoms with E-state index in [1.54, 1.807) is 0 Å². The number of amides is 4. The van der Waals surface area contributed by atoms with Crippen molar-refractivity contribution in [2.45, 2.75) is 113 Å². The van der Waals surface area contributed by atoms with Gasteiger partial charge in [-0.1, -0.05) is 25.7 Å². The maximum absolute atomic E-state index is 15.2. The first-order valence-electron chi connectivity index (χ1n) is 27.0. The number of anilines is 8. The molecular formula is C54H68F6N14O6. The molecule has 4 amide bonds. The molecule has 0 radical (unpaired) electrons. The number of rotatable bonds is 12. The van der Waals surface area contributed by atoms with Gasteiger partial charge in [0.15, 0.2) is 11.6 Å². The van der Waals surface area contributed by atoms with E-state index in [1.165, 1.54) is 62.6 Å². The highest BCUT2D eigenvalue weighted by Crippen LogP contribution is 2.43. The molecule has 4 N–H and O–H groups in total. The van der Waals surface area contributed by atoms with Crippen molar-refractivity contribution in [3.63, 3.8) is 0 Å². The molecule has 0 unspecified atom stereocenters. The number of piperidine rings is 2. The molecule has 2 saturated heterocycles. The van der Waals surface area contributed by atoms with Crippen molar-refractivity contribution in [1.29, 1.82) is 0 Å². The molecule has 6 heterocycles. The van der Waals surface area contributed by atoms with E-state index >= 15 is 8.78 Å². The number of hydrogen-bond acceptors (Lipinski definition) is 16. The first kappa shape index (κ1) is 57.5. The van der Waals surface area contributed by atoms with E-state index in [0.29, 0.717) is 25.7 Å². The first-order valence-corrected chi connectivity index (χ1v) is 27.0. The molecule has 26 heteroatoms. The van der Waals surface area contributed by atoms with Crippen LogP contribution in [0.3, 0.4) is 0 Å². The van der Waals surface area contributed by atoms with Crippen LogP contribution in [0.15, 0.2) is 36.7 Å². The number of alkyl halides is 4. The molecule has 0 spiro atoms. The van der Waals surface area contributed by atoms with Crippen LogP contribution in [-0.4, -0.2) is 171 Å². The Bertz CT molecular complexity index is 2760. The molecule has 2 aliphatic carbocycles. The van der Waals surface area contributed by atoms with E-state index < -0.39 is 60.2 Å². The zero-order chi connectivity index (χ0) is 57.2. The van der Waals surface area contributed by atoms with Crippen molar-refractivity contribution < 1.29 is 55.0 Å². The monoisotopic (exact) mass is 1120 g/mol. The number of methoxy groups -OCH3 is 2. The summed E-state index contributed by atoms with van der Waals surface area (Å²) in [6.45, 7) is 1.81. The van der Waals surface area contributed by atoms with E-state index in [0.717, 1.165) is 99.5 Å². The van der Waals surface area contributed by atoms with Crippen molar-refractivity contribution in [1.82, 2.24) is 40.4 Å². The van der Waals surface area contributed by atoms with Gasteiger partial charge in [-0.2, -0.15) is 27.5 Å². The minimum Gasteiger partial charge on any atom is -0.495 e. The molecule has 432 valence electrons. The molecule has 0 atom stereocenters. The van der Waals surface area contributed by atoms with Crippen LogP contribution in [-0.2, 0) is 9.59 Å². The summed E-state index contributed by atoms with van der Waals surface area (Å²) in [5, 5.41) is 11.6. The quantitative estimate of drug-likeness (QED) is 0.104. The second-order valence-electron chi connectivity index (χ2n) is 21.5. The van der Waals surface area contributed by atoms with Gasteiger partial charge in [0.2, 0.25) is 11.9 Å². The number of benzene rings is 2. The molecular weight excluding hydrogens is 1050 g/mol. The lowest BCUT2D eigenvalue weighted by Gasteiger charge is -2.31. The lowest BCUT2D eigenvalue weighted by atomic mass is 10.0. The Hall–Kier alpha value is -7.22. The Morgan fingerprint density at radius 3 is 1.25 bits per heavy atom. The zero-order valence-corrected chi connectivity index (χ0v) is 45.7. The number of fused-ring (bicyclic) bond motifs is 2. The molecule has 4 aliphatic heterocycles. The van der Waals surface area contributed by atoms with Gasteiger partial charge in [0, 0.05) is 50.4 Å². The van der Waals surface area contributed by atoms with Gasteiger partial charge in [-0.05, 0) is 104 Å². The zero-order valence-electron chi connectivity index (χ0n) is 45.7. The lowest BCUT2D eigenvalue weighted by Crippen LogP contribution is -2.48. The Morgan fingerprint density at radius 2 is 0.912 bits per heavy atom. The molecule has 4 aromatic rings. The number of ether oxygens (including phenoxy) is 2. The fourth-order valence-electron chi connectivity index (χ4n) is 11.3. The lowest BCUT2D eigenvalue weighted by molar-refractivity contribution is -0.141. The summed E-state index contributed by atoms with van der Waals surface area (Å²) in [5.74, 6) is -11.6. The van der Waals surface area contributed by atoms with Gasteiger partial charge in [-0.15, -0.1) is 0 Å². The Kier molecular flexibility index (Phi) is 17.1. The smallest absolute Gasteiger partial charge is 0.342 e. The van der Waals surface area contributed by atoms with E-state index in [2.05, 4.69) is 51.0 Å². The molecule has 2 saturated carbocycles. The van der Waals surface area contributed by atoms with Crippen molar-refractivity contribution in [3.8, 4) is 11.5 Å². The summed E-state index contributed by atoms with van der Waals surface area (Å²) in [5.41, 5.74) is 0.341. The fourth-order valence-corrected chi connectivity index (χ4v) is 11.3. The molecule has 0 bridgehead atoms. The van der Waals surface area contributed by atoms with E-state index in [-0.39, 0.29) is 93.1 Å². The molecule has 4 fully saturated rings. The average molecular weight is 1120 g/mol. The SMILES string of the molecule is COc1cc(C(=O)NC2CCN(C)CC2)c(F)cc1Nc1ncc2c(n1)N(C1CCCC1)CC(F)(F)C(=O)N2C.COc1cc(C(=O)NC2CCN(C)CC2)c(F)cc1Nc1ncc2c(n1)N(C1CCCC1)CC(F)(F)C(=O)N2C. The van der Waals surface area contributed by atoms with Gasteiger partial charge < -0.3 is 60.1 Å². The minimum absolute atomic E-state index is 0.00837. The van der Waals surface area contributed by atoms with Crippen LogP contribution < -0.4 is 50.3 Å². The predicted octanol–water partition coefficient (Wildman–Crippen LogP) is 7.11. The predicted molar refractivity (Wildman–Crippen MR) is 288 cm³/mol. The summed E-state index contributed by atoms with van der Waals surface area (Å²) in [6.07, 6.45) is 12.2. The topological polar surface area (TPSA) is 206 Å². The maximum Gasteiger partial charge on any atom is 0.342 e. The second kappa shape index (κ2) is 23.9. The molecule has 80 heavy (non-hydrogen) atoms. The highest BCUT2D eigenvalue weighted by Gasteiger charge is 2.50. The standard InChI is InChI=1S/2C27H34F3N7O3/c2*1-35-10-8-16(9-11-35)32-24(38)18-12-22(40-3)20(13-19(18)28)33-26-31-14-21-23(34-26)37(17-6-4-5-7-17)15-27(29,30)25(39)36(21)2/h2*12-14,16-17H,4-11,15H2,1-3H3,(H,32,38)(H,31,33,34). The van der Waals surface area contributed by atoms with Crippen molar-refractivity contribution in [2.24, 2.45) is 0 Å². The van der Waals surface area contributed by atoms with Crippen LogP contribution in [0, 0.1) is 11.6 Å². The highest BCUT2D eigenvalue weighted by atomic mass is 19.3. The average Bonchev–Trinajstić information content (AvgIpc) is 4.23.